The third-order valence-electron chi connectivity index (χ3n) is 4.09. The molecule has 0 saturated heterocycles. The summed E-state index contributed by atoms with van der Waals surface area (Å²) in [6, 6.07) is 16.7. The number of benzene rings is 2. The summed E-state index contributed by atoms with van der Waals surface area (Å²) in [4.78, 5) is 2.33. The molecule has 2 N–H and O–H groups in total. The SMILES string of the molecule is CC(c1ccccc1Cl)N(C)CCc1ccccc1CN. The van der Waals surface area contributed by atoms with Crippen LogP contribution in [0.2, 0.25) is 5.02 Å². The number of rotatable bonds is 6. The predicted octanol–water partition coefficient (Wildman–Crippen LogP) is 4.03. The molecule has 1 unspecified atom stereocenters. The highest BCUT2D eigenvalue weighted by molar-refractivity contribution is 6.31. The first kappa shape index (κ1) is 16.0. The summed E-state index contributed by atoms with van der Waals surface area (Å²) in [7, 11) is 2.14. The van der Waals surface area contributed by atoms with Crippen molar-refractivity contribution in [2.45, 2.75) is 25.9 Å². The Morgan fingerprint density at radius 3 is 2.33 bits per heavy atom. The van der Waals surface area contributed by atoms with Crippen molar-refractivity contribution in [1.82, 2.24) is 4.90 Å². The molecule has 1 atom stereocenters. The van der Waals surface area contributed by atoms with E-state index >= 15 is 0 Å². The maximum Gasteiger partial charge on any atom is 0.0453 e. The first-order chi connectivity index (χ1) is 10.1. The molecule has 0 heterocycles. The Hall–Kier alpha value is -1.35. The quantitative estimate of drug-likeness (QED) is 0.873. The smallest absolute Gasteiger partial charge is 0.0453 e. The Morgan fingerprint density at radius 1 is 1.05 bits per heavy atom. The summed E-state index contributed by atoms with van der Waals surface area (Å²) in [5, 5.41) is 0.833. The molecule has 2 nitrogen and oxygen atoms in total. The van der Waals surface area contributed by atoms with Gasteiger partial charge in [0.2, 0.25) is 0 Å². The Balaban J connectivity index is 2.01. The Bertz CT molecular complexity index is 583. The lowest BCUT2D eigenvalue weighted by Gasteiger charge is -2.26. The Kier molecular flexibility index (Phi) is 5.80. The van der Waals surface area contributed by atoms with E-state index in [0.717, 1.165) is 18.0 Å². The molecule has 0 aliphatic heterocycles. The lowest BCUT2D eigenvalue weighted by Crippen LogP contribution is -2.25. The number of nitrogens with two attached hydrogens (primary N) is 1. The van der Waals surface area contributed by atoms with Gasteiger partial charge in [0.15, 0.2) is 0 Å². The molecule has 0 spiro atoms. The molecular weight excluding hydrogens is 280 g/mol. The molecule has 2 rings (SSSR count). The number of hydrogen-bond donors (Lipinski definition) is 1. The van der Waals surface area contributed by atoms with Crippen molar-refractivity contribution < 1.29 is 0 Å². The van der Waals surface area contributed by atoms with Gasteiger partial charge in [-0.05, 0) is 43.1 Å². The Labute approximate surface area is 132 Å². The van der Waals surface area contributed by atoms with E-state index in [0.29, 0.717) is 12.6 Å². The standard InChI is InChI=1S/C18H23ClN2/c1-14(17-9-5-6-10-18(17)19)21(2)12-11-15-7-3-4-8-16(15)13-20/h3-10,14H,11-13,20H2,1-2H3. The predicted molar refractivity (Wildman–Crippen MR) is 90.5 cm³/mol. The molecule has 0 aliphatic rings. The van der Waals surface area contributed by atoms with Gasteiger partial charge in [-0.2, -0.15) is 0 Å². The summed E-state index contributed by atoms with van der Waals surface area (Å²) in [6.07, 6.45) is 0.999. The molecular formula is C18H23ClN2. The van der Waals surface area contributed by atoms with Crippen molar-refractivity contribution in [1.29, 1.82) is 0 Å². The second-order valence-corrected chi connectivity index (χ2v) is 5.81. The van der Waals surface area contributed by atoms with Gasteiger partial charge >= 0.3 is 0 Å². The van der Waals surface area contributed by atoms with Crippen molar-refractivity contribution in [2.75, 3.05) is 13.6 Å². The van der Waals surface area contributed by atoms with Crippen LogP contribution < -0.4 is 5.73 Å². The first-order valence-corrected chi connectivity index (χ1v) is 7.72. The van der Waals surface area contributed by atoms with Crippen molar-refractivity contribution in [3.8, 4) is 0 Å². The van der Waals surface area contributed by atoms with Gasteiger partial charge in [0.1, 0.15) is 0 Å². The third kappa shape index (κ3) is 4.07. The number of halogens is 1. The van der Waals surface area contributed by atoms with Crippen LogP contribution in [0.5, 0.6) is 0 Å². The van der Waals surface area contributed by atoms with Gasteiger partial charge in [-0.3, -0.25) is 4.90 Å². The number of hydrogen-bond acceptors (Lipinski definition) is 2. The van der Waals surface area contributed by atoms with Crippen LogP contribution in [0.4, 0.5) is 0 Å². The van der Waals surface area contributed by atoms with Crippen LogP contribution in [0, 0.1) is 0 Å². The summed E-state index contributed by atoms with van der Waals surface area (Å²) >= 11 is 6.28. The molecule has 2 aromatic carbocycles. The zero-order valence-electron chi connectivity index (χ0n) is 12.7. The van der Waals surface area contributed by atoms with E-state index in [1.807, 2.05) is 24.3 Å². The second-order valence-electron chi connectivity index (χ2n) is 5.40. The average molecular weight is 303 g/mol. The van der Waals surface area contributed by atoms with Crippen molar-refractivity contribution in [2.24, 2.45) is 5.73 Å². The fourth-order valence-corrected chi connectivity index (χ4v) is 2.84. The molecule has 0 bridgehead atoms. The Morgan fingerprint density at radius 2 is 1.67 bits per heavy atom. The van der Waals surface area contributed by atoms with Crippen LogP contribution in [0.3, 0.4) is 0 Å². The van der Waals surface area contributed by atoms with Gasteiger partial charge in [-0.1, -0.05) is 54.1 Å². The van der Waals surface area contributed by atoms with Gasteiger partial charge in [0.25, 0.3) is 0 Å². The van der Waals surface area contributed by atoms with Crippen LogP contribution in [0.1, 0.15) is 29.7 Å². The molecule has 0 saturated carbocycles. The number of nitrogens with zero attached hydrogens (tertiary/aromatic N) is 1. The lowest BCUT2D eigenvalue weighted by atomic mass is 10.0. The first-order valence-electron chi connectivity index (χ1n) is 7.35. The normalized spacial score (nSPS) is 12.6. The largest absolute Gasteiger partial charge is 0.326 e. The molecule has 0 fully saturated rings. The fourth-order valence-electron chi connectivity index (χ4n) is 2.54. The van der Waals surface area contributed by atoms with Gasteiger partial charge < -0.3 is 5.73 Å². The van der Waals surface area contributed by atoms with Crippen molar-refractivity contribution >= 4 is 11.6 Å². The maximum absolute atomic E-state index is 6.28. The summed E-state index contributed by atoms with van der Waals surface area (Å²) in [5.41, 5.74) is 9.54. The third-order valence-corrected chi connectivity index (χ3v) is 4.43. The van der Waals surface area contributed by atoms with Gasteiger partial charge in [-0.25, -0.2) is 0 Å². The highest BCUT2D eigenvalue weighted by Crippen LogP contribution is 2.26. The highest BCUT2D eigenvalue weighted by atomic mass is 35.5. The zero-order valence-corrected chi connectivity index (χ0v) is 13.5. The maximum atomic E-state index is 6.28. The zero-order chi connectivity index (χ0) is 15.2. The molecule has 21 heavy (non-hydrogen) atoms. The van der Waals surface area contributed by atoms with E-state index in [-0.39, 0.29) is 0 Å². The molecule has 0 aliphatic carbocycles. The number of likely N-dealkylation sites (N-methyl/N-ethyl adjacent to an activating group) is 1. The van der Waals surface area contributed by atoms with Crippen LogP contribution in [-0.2, 0) is 13.0 Å². The fraction of sp³-hybridized carbons (Fsp3) is 0.333. The van der Waals surface area contributed by atoms with Gasteiger partial charge in [-0.15, -0.1) is 0 Å². The van der Waals surface area contributed by atoms with Crippen LogP contribution in [0.15, 0.2) is 48.5 Å². The minimum Gasteiger partial charge on any atom is -0.326 e. The molecule has 112 valence electrons. The van der Waals surface area contributed by atoms with Crippen LogP contribution >= 0.6 is 11.6 Å². The topological polar surface area (TPSA) is 29.3 Å². The van der Waals surface area contributed by atoms with Crippen molar-refractivity contribution in [3.63, 3.8) is 0 Å². The molecule has 2 aromatic rings. The van der Waals surface area contributed by atoms with E-state index in [4.69, 9.17) is 17.3 Å². The molecule has 0 aromatic heterocycles. The van der Waals surface area contributed by atoms with Crippen molar-refractivity contribution in [3.05, 3.63) is 70.2 Å². The van der Waals surface area contributed by atoms with Gasteiger partial charge in [0, 0.05) is 24.2 Å². The minimum atomic E-state index is 0.295. The minimum absolute atomic E-state index is 0.295. The summed E-state index contributed by atoms with van der Waals surface area (Å²) in [5.74, 6) is 0. The van der Waals surface area contributed by atoms with Crippen LogP contribution in [0.25, 0.3) is 0 Å². The van der Waals surface area contributed by atoms with Crippen LogP contribution in [-0.4, -0.2) is 18.5 Å². The average Bonchev–Trinajstić information content (AvgIpc) is 2.52. The monoisotopic (exact) mass is 302 g/mol. The second kappa shape index (κ2) is 7.60. The van der Waals surface area contributed by atoms with E-state index in [2.05, 4.69) is 43.1 Å². The summed E-state index contributed by atoms with van der Waals surface area (Å²) in [6.45, 7) is 3.76. The summed E-state index contributed by atoms with van der Waals surface area (Å²) < 4.78 is 0. The molecule has 0 amide bonds. The van der Waals surface area contributed by atoms with E-state index in [9.17, 15) is 0 Å². The lowest BCUT2D eigenvalue weighted by molar-refractivity contribution is 0.265. The highest BCUT2D eigenvalue weighted by Gasteiger charge is 2.14. The molecule has 3 heteroatoms. The van der Waals surface area contributed by atoms with E-state index in [1.165, 1.54) is 16.7 Å². The molecule has 0 radical (unpaired) electrons. The van der Waals surface area contributed by atoms with E-state index < -0.39 is 0 Å². The van der Waals surface area contributed by atoms with Gasteiger partial charge in [0.05, 0.1) is 0 Å². The van der Waals surface area contributed by atoms with E-state index in [1.54, 1.807) is 0 Å².